The molecule has 0 atom stereocenters. The molecule has 5 nitrogen and oxygen atoms in total. The van der Waals surface area contributed by atoms with E-state index < -0.39 is 10.0 Å². The van der Waals surface area contributed by atoms with E-state index >= 15 is 0 Å². The van der Waals surface area contributed by atoms with Crippen molar-refractivity contribution in [2.24, 2.45) is 0 Å². The van der Waals surface area contributed by atoms with Crippen LogP contribution in [0.25, 0.3) is 0 Å². The maximum absolute atomic E-state index is 12.5. The number of piperazine rings is 1. The van der Waals surface area contributed by atoms with E-state index in [2.05, 4.69) is 5.32 Å². The maximum atomic E-state index is 12.5. The van der Waals surface area contributed by atoms with Crippen molar-refractivity contribution in [3.8, 4) is 5.75 Å². The number of hydrogen-bond acceptors (Lipinski definition) is 4. The first-order chi connectivity index (χ1) is 9.18. The molecular formula is C13H18N2O3S. The number of benzene rings is 1. The Morgan fingerprint density at radius 2 is 2.00 bits per heavy atom. The SMILES string of the molecule is O=S(=O)(c1ccc2c(c1)CCCO2)N1CCNCC1. The first-order valence-electron chi connectivity index (χ1n) is 6.64. The lowest BCUT2D eigenvalue weighted by Crippen LogP contribution is -2.46. The van der Waals surface area contributed by atoms with Crippen molar-refractivity contribution in [2.75, 3.05) is 32.8 Å². The molecule has 0 bridgehead atoms. The molecular weight excluding hydrogens is 264 g/mol. The van der Waals surface area contributed by atoms with Crippen LogP contribution in [0.15, 0.2) is 23.1 Å². The zero-order chi connectivity index (χ0) is 13.3. The highest BCUT2D eigenvalue weighted by atomic mass is 32.2. The molecule has 19 heavy (non-hydrogen) atoms. The molecule has 0 aromatic heterocycles. The van der Waals surface area contributed by atoms with E-state index in [1.165, 1.54) is 0 Å². The first-order valence-corrected chi connectivity index (χ1v) is 8.08. The Kier molecular flexibility index (Phi) is 3.47. The molecule has 1 fully saturated rings. The fourth-order valence-electron chi connectivity index (χ4n) is 2.53. The zero-order valence-corrected chi connectivity index (χ0v) is 11.6. The van der Waals surface area contributed by atoms with Crippen LogP contribution in [0.2, 0.25) is 0 Å². The van der Waals surface area contributed by atoms with E-state index in [0.29, 0.717) is 31.1 Å². The summed E-state index contributed by atoms with van der Waals surface area (Å²) in [6.07, 6.45) is 1.84. The van der Waals surface area contributed by atoms with Crippen molar-refractivity contribution in [1.82, 2.24) is 9.62 Å². The Labute approximate surface area is 113 Å². The molecule has 0 aliphatic carbocycles. The highest BCUT2D eigenvalue weighted by Crippen LogP contribution is 2.28. The van der Waals surface area contributed by atoms with Crippen molar-refractivity contribution in [3.05, 3.63) is 23.8 Å². The number of ether oxygens (including phenoxy) is 1. The van der Waals surface area contributed by atoms with Crippen LogP contribution in [0.4, 0.5) is 0 Å². The fraction of sp³-hybridized carbons (Fsp3) is 0.538. The van der Waals surface area contributed by atoms with Crippen molar-refractivity contribution in [3.63, 3.8) is 0 Å². The summed E-state index contributed by atoms with van der Waals surface area (Å²) in [6.45, 7) is 3.23. The van der Waals surface area contributed by atoms with Crippen LogP contribution >= 0.6 is 0 Å². The second-order valence-corrected chi connectivity index (χ2v) is 6.81. The third-order valence-electron chi connectivity index (χ3n) is 3.59. The molecule has 1 aromatic carbocycles. The van der Waals surface area contributed by atoms with Crippen LogP contribution in [0.1, 0.15) is 12.0 Å². The van der Waals surface area contributed by atoms with Gasteiger partial charge in [0.2, 0.25) is 10.0 Å². The lowest BCUT2D eigenvalue weighted by molar-refractivity contribution is 0.288. The van der Waals surface area contributed by atoms with Gasteiger partial charge in [0.25, 0.3) is 0 Å². The molecule has 1 saturated heterocycles. The smallest absolute Gasteiger partial charge is 0.243 e. The molecule has 104 valence electrons. The highest BCUT2D eigenvalue weighted by molar-refractivity contribution is 7.89. The molecule has 0 radical (unpaired) electrons. The standard InChI is InChI=1S/C13H18N2O3S/c16-19(17,15-7-5-14-6-8-15)12-3-4-13-11(10-12)2-1-9-18-13/h3-4,10,14H,1-2,5-9H2. The third-order valence-corrected chi connectivity index (χ3v) is 5.49. The van der Waals surface area contributed by atoms with E-state index in [1.54, 1.807) is 22.5 Å². The lowest BCUT2D eigenvalue weighted by atomic mass is 10.1. The number of sulfonamides is 1. The molecule has 0 saturated carbocycles. The summed E-state index contributed by atoms with van der Waals surface area (Å²) in [6, 6.07) is 5.21. The minimum absolute atomic E-state index is 0.388. The van der Waals surface area contributed by atoms with Crippen LogP contribution in [-0.4, -0.2) is 45.5 Å². The monoisotopic (exact) mass is 282 g/mol. The average molecular weight is 282 g/mol. The van der Waals surface area contributed by atoms with Gasteiger partial charge < -0.3 is 10.1 Å². The van der Waals surface area contributed by atoms with Gasteiger partial charge in [0.05, 0.1) is 11.5 Å². The van der Waals surface area contributed by atoms with Crippen LogP contribution in [-0.2, 0) is 16.4 Å². The van der Waals surface area contributed by atoms with Crippen molar-refractivity contribution in [1.29, 1.82) is 0 Å². The third kappa shape index (κ3) is 2.48. The summed E-state index contributed by atoms with van der Waals surface area (Å²) < 4.78 is 32.1. The second-order valence-electron chi connectivity index (χ2n) is 4.88. The normalized spacial score (nSPS) is 20.6. The summed E-state index contributed by atoms with van der Waals surface area (Å²) in [5.74, 6) is 0.825. The van der Waals surface area contributed by atoms with Crippen LogP contribution in [0.5, 0.6) is 5.75 Å². The van der Waals surface area contributed by atoms with Gasteiger partial charge in [0.15, 0.2) is 0 Å². The molecule has 2 aliphatic heterocycles. The van der Waals surface area contributed by atoms with E-state index in [4.69, 9.17) is 4.74 Å². The van der Waals surface area contributed by atoms with Gasteiger partial charge in [-0.3, -0.25) is 0 Å². The van der Waals surface area contributed by atoms with Crippen LogP contribution in [0, 0.1) is 0 Å². The van der Waals surface area contributed by atoms with Crippen molar-refractivity contribution < 1.29 is 13.2 Å². The Morgan fingerprint density at radius 1 is 1.21 bits per heavy atom. The molecule has 1 N–H and O–H groups in total. The molecule has 0 spiro atoms. The first kappa shape index (κ1) is 12.9. The van der Waals surface area contributed by atoms with Gasteiger partial charge in [-0.25, -0.2) is 8.42 Å². The number of fused-ring (bicyclic) bond motifs is 1. The van der Waals surface area contributed by atoms with Gasteiger partial charge in [-0.05, 0) is 36.6 Å². The molecule has 2 aliphatic rings. The molecule has 2 heterocycles. The number of nitrogens with one attached hydrogen (secondary N) is 1. The summed E-state index contributed by atoms with van der Waals surface area (Å²) in [7, 11) is -3.36. The molecule has 0 unspecified atom stereocenters. The predicted octanol–water partition coefficient (Wildman–Crippen LogP) is 0.605. The van der Waals surface area contributed by atoms with Gasteiger partial charge in [-0.1, -0.05) is 0 Å². The molecule has 0 amide bonds. The molecule has 3 rings (SSSR count). The van der Waals surface area contributed by atoms with Gasteiger partial charge in [0.1, 0.15) is 5.75 Å². The average Bonchev–Trinajstić information content (AvgIpc) is 2.47. The summed E-state index contributed by atoms with van der Waals surface area (Å²) in [5.41, 5.74) is 1.00. The Morgan fingerprint density at radius 3 is 2.79 bits per heavy atom. The van der Waals surface area contributed by atoms with Crippen LogP contribution < -0.4 is 10.1 Å². The zero-order valence-electron chi connectivity index (χ0n) is 10.8. The number of aryl methyl sites for hydroxylation is 1. The Hall–Kier alpha value is -1.11. The predicted molar refractivity (Wildman–Crippen MR) is 71.9 cm³/mol. The topological polar surface area (TPSA) is 58.6 Å². The number of nitrogens with zero attached hydrogens (tertiary/aromatic N) is 1. The van der Waals surface area contributed by atoms with Crippen molar-refractivity contribution >= 4 is 10.0 Å². The minimum Gasteiger partial charge on any atom is -0.493 e. The van der Waals surface area contributed by atoms with Gasteiger partial charge in [-0.2, -0.15) is 4.31 Å². The largest absolute Gasteiger partial charge is 0.493 e. The Bertz CT molecular complexity index is 565. The molecule has 6 heteroatoms. The second kappa shape index (κ2) is 5.11. The van der Waals surface area contributed by atoms with E-state index in [1.807, 2.05) is 0 Å². The van der Waals surface area contributed by atoms with Crippen LogP contribution in [0.3, 0.4) is 0 Å². The fourth-order valence-corrected chi connectivity index (χ4v) is 4.02. The molecule has 1 aromatic rings. The summed E-state index contributed by atoms with van der Waals surface area (Å²) in [4.78, 5) is 0.388. The minimum atomic E-state index is -3.36. The lowest BCUT2D eigenvalue weighted by Gasteiger charge is -2.27. The van der Waals surface area contributed by atoms with Crippen molar-refractivity contribution in [2.45, 2.75) is 17.7 Å². The highest BCUT2D eigenvalue weighted by Gasteiger charge is 2.26. The van der Waals surface area contributed by atoms with Gasteiger partial charge in [0, 0.05) is 26.2 Å². The maximum Gasteiger partial charge on any atom is 0.243 e. The summed E-state index contributed by atoms with van der Waals surface area (Å²) in [5, 5.41) is 3.16. The summed E-state index contributed by atoms with van der Waals surface area (Å²) >= 11 is 0. The van der Waals surface area contributed by atoms with E-state index in [0.717, 1.165) is 30.8 Å². The van der Waals surface area contributed by atoms with E-state index in [9.17, 15) is 8.42 Å². The quantitative estimate of drug-likeness (QED) is 0.863. The number of rotatable bonds is 2. The van der Waals surface area contributed by atoms with E-state index in [-0.39, 0.29) is 0 Å². The van der Waals surface area contributed by atoms with Gasteiger partial charge >= 0.3 is 0 Å². The number of hydrogen-bond donors (Lipinski definition) is 1. The Balaban J connectivity index is 1.92. The van der Waals surface area contributed by atoms with Gasteiger partial charge in [-0.15, -0.1) is 0 Å².